The molecule has 0 spiro atoms. The lowest BCUT2D eigenvalue weighted by molar-refractivity contribution is -0.384. The number of anilines is 1. The number of nitro groups is 1. The summed E-state index contributed by atoms with van der Waals surface area (Å²) < 4.78 is 0. The van der Waals surface area contributed by atoms with Crippen molar-refractivity contribution in [3.63, 3.8) is 0 Å². The number of hydrogen-bond acceptors (Lipinski definition) is 4. The molecule has 1 aromatic rings. The van der Waals surface area contributed by atoms with Crippen molar-refractivity contribution < 1.29 is 9.72 Å². The summed E-state index contributed by atoms with van der Waals surface area (Å²) >= 11 is 0. The summed E-state index contributed by atoms with van der Waals surface area (Å²) in [6.45, 7) is 0.516. The molecule has 19 heavy (non-hydrogen) atoms. The van der Waals surface area contributed by atoms with Crippen LogP contribution in [0.4, 0.5) is 11.4 Å². The van der Waals surface area contributed by atoms with E-state index in [2.05, 4.69) is 16.6 Å². The fourth-order valence-electron chi connectivity index (χ4n) is 1.54. The molecule has 1 rings (SSSR count). The number of terminal acetylenes is 1. The molecule has 0 saturated heterocycles. The molecule has 0 fully saturated rings. The van der Waals surface area contributed by atoms with E-state index in [0.717, 1.165) is 0 Å². The minimum absolute atomic E-state index is 0.0617. The normalized spacial score (nSPS) is 9.47. The molecule has 0 aliphatic carbocycles. The van der Waals surface area contributed by atoms with Crippen molar-refractivity contribution in [2.24, 2.45) is 0 Å². The monoisotopic (exact) mass is 261 g/mol. The van der Waals surface area contributed by atoms with Gasteiger partial charge in [-0.05, 0) is 18.6 Å². The van der Waals surface area contributed by atoms with Gasteiger partial charge in [-0.1, -0.05) is 0 Å². The van der Waals surface area contributed by atoms with Crippen LogP contribution in [0.2, 0.25) is 0 Å². The predicted octanol–water partition coefficient (Wildman–Crippen LogP) is 1.78. The summed E-state index contributed by atoms with van der Waals surface area (Å²) in [6.07, 6.45) is 6.43. The predicted molar refractivity (Wildman–Crippen MR) is 73.0 cm³/mol. The van der Waals surface area contributed by atoms with Gasteiger partial charge < -0.3 is 10.6 Å². The average Bonchev–Trinajstić information content (AvgIpc) is 2.42. The van der Waals surface area contributed by atoms with Crippen LogP contribution in [0.5, 0.6) is 0 Å². The number of benzene rings is 1. The van der Waals surface area contributed by atoms with E-state index in [1.807, 2.05) is 0 Å². The summed E-state index contributed by atoms with van der Waals surface area (Å²) in [5.74, 6) is 2.20. The van der Waals surface area contributed by atoms with Gasteiger partial charge in [-0.3, -0.25) is 14.9 Å². The third kappa shape index (κ3) is 4.00. The Bertz CT molecular complexity index is 520. The molecule has 1 amide bonds. The van der Waals surface area contributed by atoms with E-state index in [1.54, 1.807) is 0 Å². The quantitative estimate of drug-likeness (QED) is 0.354. The second-order valence-electron chi connectivity index (χ2n) is 3.80. The van der Waals surface area contributed by atoms with Gasteiger partial charge in [0.25, 0.3) is 11.6 Å². The number of nitrogens with one attached hydrogen (secondary N) is 2. The Kier molecular flexibility index (Phi) is 5.35. The molecule has 0 heterocycles. The molecule has 0 aliphatic rings. The maximum atomic E-state index is 11.5. The maximum absolute atomic E-state index is 11.5. The van der Waals surface area contributed by atoms with Crippen LogP contribution < -0.4 is 10.6 Å². The molecule has 0 aliphatic heterocycles. The van der Waals surface area contributed by atoms with Gasteiger partial charge in [0.05, 0.1) is 4.92 Å². The van der Waals surface area contributed by atoms with E-state index >= 15 is 0 Å². The Hall–Kier alpha value is -2.55. The first-order valence-corrected chi connectivity index (χ1v) is 5.78. The smallest absolute Gasteiger partial charge is 0.292 e. The van der Waals surface area contributed by atoms with Crippen molar-refractivity contribution in [3.8, 4) is 12.3 Å². The first-order chi connectivity index (χ1) is 9.10. The van der Waals surface area contributed by atoms with Crippen LogP contribution in [-0.4, -0.2) is 24.4 Å². The number of unbranched alkanes of at least 4 members (excludes halogenated alkanes) is 1. The third-order valence-electron chi connectivity index (χ3n) is 2.50. The van der Waals surface area contributed by atoms with E-state index in [0.29, 0.717) is 30.6 Å². The van der Waals surface area contributed by atoms with Crippen LogP contribution >= 0.6 is 0 Å². The van der Waals surface area contributed by atoms with Crippen molar-refractivity contribution >= 4 is 17.3 Å². The fourth-order valence-corrected chi connectivity index (χ4v) is 1.54. The molecule has 6 nitrogen and oxygen atoms in total. The van der Waals surface area contributed by atoms with Gasteiger partial charge in [-0.15, -0.1) is 12.3 Å². The first kappa shape index (κ1) is 14.5. The SMILES string of the molecule is C#CCCCNc1cc(C(=O)NC)ccc1[N+](=O)[O-]. The Morgan fingerprint density at radius 1 is 1.53 bits per heavy atom. The number of carbonyl (C=O) groups is 1. The van der Waals surface area contributed by atoms with E-state index in [9.17, 15) is 14.9 Å². The van der Waals surface area contributed by atoms with Crippen molar-refractivity contribution in [3.05, 3.63) is 33.9 Å². The second kappa shape index (κ2) is 7.01. The summed E-state index contributed by atoms with van der Waals surface area (Å²) in [4.78, 5) is 21.9. The van der Waals surface area contributed by atoms with Crippen LogP contribution in [0.1, 0.15) is 23.2 Å². The standard InChI is InChI=1S/C13H15N3O3/c1-3-4-5-8-15-11-9-10(13(17)14-2)6-7-12(11)16(18)19/h1,6-7,9,15H,4-5,8H2,2H3,(H,14,17). The van der Waals surface area contributed by atoms with Crippen molar-refractivity contribution in [1.29, 1.82) is 0 Å². The minimum Gasteiger partial charge on any atom is -0.379 e. The molecule has 1 aromatic carbocycles. The Balaban J connectivity index is 2.92. The topological polar surface area (TPSA) is 84.3 Å². The Morgan fingerprint density at radius 2 is 2.26 bits per heavy atom. The van der Waals surface area contributed by atoms with E-state index in [4.69, 9.17) is 6.42 Å². The van der Waals surface area contributed by atoms with Gasteiger partial charge in [0.2, 0.25) is 0 Å². The van der Waals surface area contributed by atoms with Gasteiger partial charge in [0, 0.05) is 31.6 Å². The highest BCUT2D eigenvalue weighted by Crippen LogP contribution is 2.25. The van der Waals surface area contributed by atoms with Gasteiger partial charge in [0.1, 0.15) is 5.69 Å². The number of rotatable bonds is 6. The van der Waals surface area contributed by atoms with Crippen LogP contribution in [0, 0.1) is 22.5 Å². The van der Waals surface area contributed by atoms with Gasteiger partial charge in [-0.25, -0.2) is 0 Å². The van der Waals surface area contributed by atoms with E-state index in [-0.39, 0.29) is 11.6 Å². The minimum atomic E-state index is -0.489. The lowest BCUT2D eigenvalue weighted by Crippen LogP contribution is -2.18. The molecule has 0 atom stereocenters. The number of amides is 1. The zero-order chi connectivity index (χ0) is 14.3. The molecule has 0 bridgehead atoms. The highest BCUT2D eigenvalue weighted by Gasteiger charge is 2.15. The number of nitro benzene ring substituents is 1. The number of hydrogen-bond donors (Lipinski definition) is 2. The fraction of sp³-hybridized carbons (Fsp3) is 0.308. The number of carbonyl (C=O) groups excluding carboxylic acids is 1. The highest BCUT2D eigenvalue weighted by atomic mass is 16.6. The molecule has 100 valence electrons. The zero-order valence-corrected chi connectivity index (χ0v) is 10.6. The maximum Gasteiger partial charge on any atom is 0.292 e. The van der Waals surface area contributed by atoms with E-state index < -0.39 is 4.92 Å². The van der Waals surface area contributed by atoms with Gasteiger partial charge in [0.15, 0.2) is 0 Å². The molecule has 6 heteroatoms. The van der Waals surface area contributed by atoms with Crippen molar-refractivity contribution in [2.75, 3.05) is 18.9 Å². The largest absolute Gasteiger partial charge is 0.379 e. The van der Waals surface area contributed by atoms with Crippen molar-refractivity contribution in [2.45, 2.75) is 12.8 Å². The third-order valence-corrected chi connectivity index (χ3v) is 2.50. The lowest BCUT2D eigenvalue weighted by Gasteiger charge is -2.08. The van der Waals surface area contributed by atoms with E-state index in [1.165, 1.54) is 25.2 Å². The van der Waals surface area contributed by atoms with Crippen LogP contribution in [0.3, 0.4) is 0 Å². The van der Waals surface area contributed by atoms with Gasteiger partial charge >= 0.3 is 0 Å². The van der Waals surface area contributed by atoms with Crippen molar-refractivity contribution in [1.82, 2.24) is 5.32 Å². The summed E-state index contributed by atoms with van der Waals surface area (Å²) in [5, 5.41) is 16.3. The molecule has 0 unspecified atom stereocenters. The molecule has 0 radical (unpaired) electrons. The molecular formula is C13H15N3O3. The molecule has 0 saturated carbocycles. The van der Waals surface area contributed by atoms with Crippen LogP contribution in [-0.2, 0) is 0 Å². The lowest BCUT2D eigenvalue weighted by atomic mass is 10.1. The highest BCUT2D eigenvalue weighted by molar-refractivity contribution is 5.95. The molecule has 0 aromatic heterocycles. The summed E-state index contributed by atoms with van der Waals surface area (Å²) in [5.41, 5.74) is 0.629. The Morgan fingerprint density at radius 3 is 2.84 bits per heavy atom. The summed E-state index contributed by atoms with van der Waals surface area (Å²) in [6, 6.07) is 4.20. The zero-order valence-electron chi connectivity index (χ0n) is 10.6. The van der Waals surface area contributed by atoms with Crippen LogP contribution in [0.25, 0.3) is 0 Å². The summed E-state index contributed by atoms with van der Waals surface area (Å²) in [7, 11) is 1.50. The Labute approximate surface area is 111 Å². The van der Waals surface area contributed by atoms with Gasteiger partial charge in [-0.2, -0.15) is 0 Å². The molecular weight excluding hydrogens is 246 g/mol. The first-order valence-electron chi connectivity index (χ1n) is 5.78. The second-order valence-corrected chi connectivity index (χ2v) is 3.80. The van der Waals surface area contributed by atoms with Crippen LogP contribution in [0.15, 0.2) is 18.2 Å². The average molecular weight is 261 g/mol. The molecule has 2 N–H and O–H groups in total. The number of nitrogens with zero attached hydrogens (tertiary/aromatic N) is 1.